The first-order valence-electron chi connectivity index (χ1n) is 6.30. The summed E-state index contributed by atoms with van der Waals surface area (Å²) >= 11 is 18.1. The Bertz CT molecular complexity index is 573. The molecule has 0 bridgehead atoms. The normalized spacial score (nSPS) is 10.6. The molecule has 0 heterocycles. The van der Waals surface area contributed by atoms with E-state index < -0.39 is 0 Å². The summed E-state index contributed by atoms with van der Waals surface area (Å²) in [5, 5.41) is 8.68. The summed E-state index contributed by atoms with van der Waals surface area (Å²) in [6.07, 6.45) is 0. The molecule has 0 fully saturated rings. The van der Waals surface area contributed by atoms with Gasteiger partial charge < -0.3 is 10.6 Å². The van der Waals surface area contributed by atoms with Crippen LogP contribution in [0.5, 0.6) is 0 Å². The topological polar surface area (TPSA) is 24.1 Å². The third-order valence-electron chi connectivity index (χ3n) is 2.82. The smallest absolute Gasteiger partial charge is 0.0638 e. The Morgan fingerprint density at radius 3 is 2.45 bits per heavy atom. The molecule has 0 saturated carbocycles. The minimum atomic E-state index is 0.667. The number of benzene rings is 2. The molecule has 2 rings (SSSR count). The van der Waals surface area contributed by atoms with Crippen molar-refractivity contribution in [1.29, 1.82) is 0 Å². The molecular formula is C15H15Cl3N2. The Hall–Kier alpha value is -0.930. The third-order valence-corrected chi connectivity index (χ3v) is 3.75. The second-order valence-corrected chi connectivity index (χ2v) is 5.57. The number of hydrogen-bond donors (Lipinski definition) is 2. The first-order valence-corrected chi connectivity index (χ1v) is 7.43. The number of hydrogen-bond acceptors (Lipinski definition) is 2. The quantitative estimate of drug-likeness (QED) is 0.740. The Balaban J connectivity index is 1.74. The lowest BCUT2D eigenvalue weighted by molar-refractivity contribution is 0.707. The van der Waals surface area contributed by atoms with E-state index >= 15 is 0 Å². The molecule has 0 atom stereocenters. The van der Waals surface area contributed by atoms with Gasteiger partial charge in [-0.15, -0.1) is 0 Å². The maximum Gasteiger partial charge on any atom is 0.0638 e. The van der Waals surface area contributed by atoms with Crippen LogP contribution >= 0.6 is 34.8 Å². The van der Waals surface area contributed by atoms with E-state index in [2.05, 4.69) is 10.6 Å². The van der Waals surface area contributed by atoms with Gasteiger partial charge in [-0.25, -0.2) is 0 Å². The highest BCUT2D eigenvalue weighted by molar-refractivity contribution is 6.35. The van der Waals surface area contributed by atoms with Gasteiger partial charge in [0, 0.05) is 29.7 Å². The summed E-state index contributed by atoms with van der Waals surface area (Å²) < 4.78 is 0. The highest BCUT2D eigenvalue weighted by Gasteiger charge is 2.01. The lowest BCUT2D eigenvalue weighted by atomic mass is 10.2. The maximum absolute atomic E-state index is 6.08. The van der Waals surface area contributed by atoms with Gasteiger partial charge in [0.2, 0.25) is 0 Å². The highest BCUT2D eigenvalue weighted by Crippen LogP contribution is 2.24. The summed E-state index contributed by atoms with van der Waals surface area (Å²) in [6.45, 7) is 2.29. The van der Waals surface area contributed by atoms with Gasteiger partial charge >= 0.3 is 0 Å². The average Bonchev–Trinajstić information content (AvgIpc) is 2.44. The van der Waals surface area contributed by atoms with Crippen molar-refractivity contribution in [3.8, 4) is 0 Å². The fourth-order valence-electron chi connectivity index (χ4n) is 1.78. The summed E-state index contributed by atoms with van der Waals surface area (Å²) in [4.78, 5) is 0. The Morgan fingerprint density at radius 1 is 0.850 bits per heavy atom. The summed E-state index contributed by atoms with van der Waals surface area (Å²) in [5.74, 6) is 0. The van der Waals surface area contributed by atoms with Gasteiger partial charge in [0.1, 0.15) is 0 Å². The minimum absolute atomic E-state index is 0.667. The Kier molecular flexibility index (Phi) is 5.99. The molecule has 2 aromatic rings. The van der Waals surface area contributed by atoms with Gasteiger partial charge in [-0.1, -0.05) is 53.0 Å². The molecule has 0 radical (unpaired) electrons. The summed E-state index contributed by atoms with van der Waals surface area (Å²) in [7, 11) is 0. The van der Waals surface area contributed by atoms with Crippen LogP contribution in [0.3, 0.4) is 0 Å². The van der Waals surface area contributed by atoms with Crippen molar-refractivity contribution in [2.45, 2.75) is 6.54 Å². The second kappa shape index (κ2) is 7.75. The minimum Gasteiger partial charge on any atom is -0.383 e. The van der Waals surface area contributed by atoms with E-state index in [0.717, 1.165) is 35.9 Å². The predicted octanol–water partition coefficient (Wildman–Crippen LogP) is 4.85. The maximum atomic E-state index is 6.08. The fourth-order valence-corrected chi connectivity index (χ4v) is 2.34. The molecule has 5 heteroatoms. The van der Waals surface area contributed by atoms with E-state index in [4.69, 9.17) is 34.8 Å². The van der Waals surface area contributed by atoms with E-state index in [1.54, 1.807) is 12.1 Å². The molecule has 2 nitrogen and oxygen atoms in total. The van der Waals surface area contributed by atoms with Crippen LogP contribution in [0.2, 0.25) is 15.1 Å². The van der Waals surface area contributed by atoms with Gasteiger partial charge in [-0.2, -0.15) is 0 Å². The standard InChI is InChI=1S/C15H15Cl3N2/c16-12-5-6-14(18)15(9-12)20-8-7-19-10-11-3-1-2-4-13(11)17/h1-6,9,19-20H,7-8,10H2. The first kappa shape index (κ1) is 15.5. The van der Waals surface area contributed by atoms with Crippen LogP contribution in [-0.2, 0) is 6.54 Å². The molecule has 2 N–H and O–H groups in total. The number of rotatable bonds is 6. The van der Waals surface area contributed by atoms with Crippen LogP contribution in [0.4, 0.5) is 5.69 Å². The lowest BCUT2D eigenvalue weighted by Gasteiger charge is -2.10. The van der Waals surface area contributed by atoms with E-state index in [9.17, 15) is 0 Å². The van der Waals surface area contributed by atoms with Gasteiger partial charge in [-0.05, 0) is 29.8 Å². The predicted molar refractivity (Wildman–Crippen MR) is 88.1 cm³/mol. The number of anilines is 1. The lowest BCUT2D eigenvalue weighted by Crippen LogP contribution is -2.22. The highest BCUT2D eigenvalue weighted by atomic mass is 35.5. The van der Waals surface area contributed by atoms with Crippen LogP contribution in [0, 0.1) is 0 Å². The van der Waals surface area contributed by atoms with Crippen LogP contribution in [-0.4, -0.2) is 13.1 Å². The molecule has 2 aromatic carbocycles. The van der Waals surface area contributed by atoms with Gasteiger partial charge in [0.15, 0.2) is 0 Å². The molecule has 0 unspecified atom stereocenters. The molecule has 0 aliphatic heterocycles. The molecule has 106 valence electrons. The monoisotopic (exact) mass is 328 g/mol. The van der Waals surface area contributed by atoms with Crippen molar-refractivity contribution >= 4 is 40.5 Å². The molecule has 0 spiro atoms. The fraction of sp³-hybridized carbons (Fsp3) is 0.200. The Labute approximate surface area is 134 Å². The van der Waals surface area contributed by atoms with E-state index in [1.807, 2.05) is 30.3 Å². The summed E-state index contributed by atoms with van der Waals surface area (Å²) in [5.41, 5.74) is 1.94. The second-order valence-electron chi connectivity index (χ2n) is 4.32. The molecule has 0 amide bonds. The number of nitrogens with one attached hydrogen (secondary N) is 2. The van der Waals surface area contributed by atoms with E-state index in [0.29, 0.717) is 10.0 Å². The zero-order valence-electron chi connectivity index (χ0n) is 10.8. The molecule has 0 saturated heterocycles. The third kappa shape index (κ3) is 4.57. The molecule has 0 aliphatic carbocycles. The van der Waals surface area contributed by atoms with Crippen LogP contribution in [0.15, 0.2) is 42.5 Å². The largest absolute Gasteiger partial charge is 0.383 e. The molecular weight excluding hydrogens is 315 g/mol. The van der Waals surface area contributed by atoms with Crippen molar-refractivity contribution in [1.82, 2.24) is 5.32 Å². The van der Waals surface area contributed by atoms with Gasteiger partial charge in [-0.3, -0.25) is 0 Å². The van der Waals surface area contributed by atoms with Crippen LogP contribution < -0.4 is 10.6 Å². The van der Waals surface area contributed by atoms with Gasteiger partial charge in [0.25, 0.3) is 0 Å². The van der Waals surface area contributed by atoms with E-state index in [1.165, 1.54) is 0 Å². The van der Waals surface area contributed by atoms with Crippen molar-refractivity contribution in [2.75, 3.05) is 18.4 Å². The van der Waals surface area contributed by atoms with Crippen LogP contribution in [0.1, 0.15) is 5.56 Å². The van der Waals surface area contributed by atoms with Crippen molar-refractivity contribution in [3.63, 3.8) is 0 Å². The number of halogens is 3. The zero-order chi connectivity index (χ0) is 14.4. The van der Waals surface area contributed by atoms with Crippen molar-refractivity contribution in [3.05, 3.63) is 63.1 Å². The molecule has 20 heavy (non-hydrogen) atoms. The van der Waals surface area contributed by atoms with Gasteiger partial charge in [0.05, 0.1) is 10.7 Å². The Morgan fingerprint density at radius 2 is 1.65 bits per heavy atom. The van der Waals surface area contributed by atoms with Crippen LogP contribution in [0.25, 0.3) is 0 Å². The molecule has 0 aliphatic rings. The van der Waals surface area contributed by atoms with Crippen molar-refractivity contribution < 1.29 is 0 Å². The summed E-state index contributed by atoms with van der Waals surface area (Å²) in [6, 6.07) is 13.2. The average molecular weight is 330 g/mol. The SMILES string of the molecule is Clc1ccc(Cl)c(NCCNCc2ccccc2Cl)c1. The first-order chi connectivity index (χ1) is 9.66. The zero-order valence-corrected chi connectivity index (χ0v) is 13.1. The van der Waals surface area contributed by atoms with Crippen molar-refractivity contribution in [2.24, 2.45) is 0 Å². The van der Waals surface area contributed by atoms with E-state index in [-0.39, 0.29) is 0 Å². The molecule has 0 aromatic heterocycles.